The SMILES string of the molecule is COC(=O)C(N)c1ccnc(Cl)c1.Cl.Cl. The van der Waals surface area contributed by atoms with Crippen molar-refractivity contribution in [2.75, 3.05) is 7.11 Å². The van der Waals surface area contributed by atoms with Crippen molar-refractivity contribution in [1.29, 1.82) is 0 Å². The fourth-order valence-electron chi connectivity index (χ4n) is 0.874. The van der Waals surface area contributed by atoms with E-state index in [2.05, 4.69) is 9.72 Å². The predicted octanol–water partition coefficient (Wildman–Crippen LogP) is 1.75. The van der Waals surface area contributed by atoms with Crippen LogP contribution < -0.4 is 5.73 Å². The maximum atomic E-state index is 11.0. The van der Waals surface area contributed by atoms with Crippen LogP contribution in [0.1, 0.15) is 11.6 Å². The van der Waals surface area contributed by atoms with Crippen molar-refractivity contribution in [3.8, 4) is 0 Å². The van der Waals surface area contributed by atoms with Gasteiger partial charge < -0.3 is 10.5 Å². The maximum absolute atomic E-state index is 11.0. The molecule has 0 saturated carbocycles. The van der Waals surface area contributed by atoms with Gasteiger partial charge in [-0.15, -0.1) is 24.8 Å². The van der Waals surface area contributed by atoms with Gasteiger partial charge in [0.1, 0.15) is 11.2 Å². The third-order valence-electron chi connectivity index (χ3n) is 1.56. The second-order valence-electron chi connectivity index (χ2n) is 2.41. The van der Waals surface area contributed by atoms with E-state index < -0.39 is 12.0 Å². The Hall–Kier alpha value is -0.550. The monoisotopic (exact) mass is 272 g/mol. The van der Waals surface area contributed by atoms with Crippen molar-refractivity contribution in [2.45, 2.75) is 6.04 Å². The molecule has 1 atom stereocenters. The largest absolute Gasteiger partial charge is 0.468 e. The smallest absolute Gasteiger partial charge is 0.327 e. The van der Waals surface area contributed by atoms with Crippen LogP contribution in [0.5, 0.6) is 0 Å². The third kappa shape index (κ3) is 4.66. The summed E-state index contributed by atoms with van der Waals surface area (Å²) in [6.45, 7) is 0. The van der Waals surface area contributed by atoms with Crippen molar-refractivity contribution >= 4 is 42.4 Å². The summed E-state index contributed by atoms with van der Waals surface area (Å²) in [4.78, 5) is 14.8. The molecule has 7 heteroatoms. The number of nitrogens with two attached hydrogens (primary N) is 1. The number of nitrogens with zero attached hydrogens (tertiary/aromatic N) is 1. The van der Waals surface area contributed by atoms with E-state index >= 15 is 0 Å². The zero-order chi connectivity index (χ0) is 9.84. The number of aromatic nitrogens is 1. The van der Waals surface area contributed by atoms with Crippen LogP contribution in [0, 0.1) is 0 Å². The second kappa shape index (κ2) is 7.70. The second-order valence-corrected chi connectivity index (χ2v) is 2.80. The van der Waals surface area contributed by atoms with Gasteiger partial charge in [-0.25, -0.2) is 4.98 Å². The summed E-state index contributed by atoms with van der Waals surface area (Å²) >= 11 is 5.62. The summed E-state index contributed by atoms with van der Waals surface area (Å²) in [5.41, 5.74) is 6.15. The first-order valence-corrected chi connectivity index (χ1v) is 3.98. The Bertz CT molecular complexity index is 323. The van der Waals surface area contributed by atoms with Crippen LogP contribution in [0.4, 0.5) is 0 Å². The third-order valence-corrected chi connectivity index (χ3v) is 1.77. The van der Waals surface area contributed by atoms with Gasteiger partial charge >= 0.3 is 5.97 Å². The summed E-state index contributed by atoms with van der Waals surface area (Å²) in [5, 5.41) is 0.303. The minimum Gasteiger partial charge on any atom is -0.468 e. The average Bonchev–Trinajstić information content (AvgIpc) is 2.15. The number of carbonyl (C=O) groups is 1. The van der Waals surface area contributed by atoms with Crippen LogP contribution in [0.3, 0.4) is 0 Å². The lowest BCUT2D eigenvalue weighted by molar-refractivity contribution is -0.142. The van der Waals surface area contributed by atoms with Gasteiger partial charge in [-0.3, -0.25) is 4.79 Å². The first kappa shape index (κ1) is 16.9. The van der Waals surface area contributed by atoms with Crippen molar-refractivity contribution in [1.82, 2.24) is 4.98 Å². The lowest BCUT2D eigenvalue weighted by atomic mass is 10.1. The topological polar surface area (TPSA) is 65.2 Å². The van der Waals surface area contributed by atoms with E-state index in [4.69, 9.17) is 17.3 Å². The molecule has 1 aromatic rings. The van der Waals surface area contributed by atoms with E-state index in [-0.39, 0.29) is 24.8 Å². The molecule has 0 radical (unpaired) electrons. The molecule has 0 spiro atoms. The zero-order valence-electron chi connectivity index (χ0n) is 7.84. The van der Waals surface area contributed by atoms with Crippen LogP contribution in [-0.2, 0) is 9.53 Å². The number of rotatable bonds is 2. The zero-order valence-corrected chi connectivity index (χ0v) is 10.2. The van der Waals surface area contributed by atoms with Gasteiger partial charge in [0.05, 0.1) is 7.11 Å². The van der Waals surface area contributed by atoms with Crippen LogP contribution in [0.2, 0.25) is 5.15 Å². The van der Waals surface area contributed by atoms with Crippen LogP contribution >= 0.6 is 36.4 Å². The molecule has 86 valence electrons. The van der Waals surface area contributed by atoms with Gasteiger partial charge in [-0.05, 0) is 17.7 Å². The highest BCUT2D eigenvalue weighted by atomic mass is 35.5. The molecule has 0 amide bonds. The van der Waals surface area contributed by atoms with E-state index in [9.17, 15) is 4.79 Å². The Labute approximate surface area is 105 Å². The normalized spacial score (nSPS) is 10.6. The molecule has 0 bridgehead atoms. The summed E-state index contributed by atoms with van der Waals surface area (Å²) in [6.07, 6.45) is 1.49. The van der Waals surface area contributed by atoms with E-state index in [1.807, 2.05) is 0 Å². The molecule has 0 saturated heterocycles. The molecule has 1 aromatic heterocycles. The van der Waals surface area contributed by atoms with Gasteiger partial charge in [0.2, 0.25) is 0 Å². The van der Waals surface area contributed by atoms with E-state index in [1.165, 1.54) is 19.4 Å². The molecule has 0 aliphatic rings. The van der Waals surface area contributed by atoms with Gasteiger partial charge in [0.25, 0.3) is 0 Å². The number of methoxy groups -OCH3 is 1. The van der Waals surface area contributed by atoms with Gasteiger partial charge in [0.15, 0.2) is 0 Å². The number of ether oxygens (including phenoxy) is 1. The van der Waals surface area contributed by atoms with Crippen molar-refractivity contribution in [3.05, 3.63) is 29.0 Å². The highest BCUT2D eigenvalue weighted by Crippen LogP contribution is 2.14. The van der Waals surface area contributed by atoms with E-state index in [0.29, 0.717) is 10.7 Å². The standard InChI is InChI=1S/C8H9ClN2O2.2ClH/c1-13-8(12)7(10)5-2-3-11-6(9)4-5;;/h2-4,7H,10H2,1H3;2*1H. The summed E-state index contributed by atoms with van der Waals surface area (Å²) in [5.74, 6) is -0.498. The van der Waals surface area contributed by atoms with Gasteiger partial charge in [-0.2, -0.15) is 0 Å². The Morgan fingerprint density at radius 3 is 2.67 bits per heavy atom. The average molecular weight is 274 g/mol. The Balaban J connectivity index is 0. The predicted molar refractivity (Wildman–Crippen MR) is 62.7 cm³/mol. The van der Waals surface area contributed by atoms with E-state index in [0.717, 1.165) is 0 Å². The Morgan fingerprint density at radius 2 is 2.20 bits per heavy atom. The molecule has 0 fully saturated rings. The van der Waals surface area contributed by atoms with Crippen LogP contribution in [0.15, 0.2) is 18.3 Å². The molecular weight excluding hydrogens is 262 g/mol. The molecule has 1 heterocycles. The fourth-order valence-corrected chi connectivity index (χ4v) is 1.06. The van der Waals surface area contributed by atoms with Gasteiger partial charge in [0, 0.05) is 6.20 Å². The molecule has 0 aromatic carbocycles. The lowest BCUT2D eigenvalue weighted by Crippen LogP contribution is -2.22. The van der Waals surface area contributed by atoms with Crippen LogP contribution in [0.25, 0.3) is 0 Å². The van der Waals surface area contributed by atoms with Crippen LogP contribution in [-0.4, -0.2) is 18.1 Å². The number of halogens is 3. The highest BCUT2D eigenvalue weighted by Gasteiger charge is 2.15. The Kier molecular flexibility index (Phi) is 8.66. The number of carbonyl (C=O) groups excluding carboxylic acids is 1. The minimum absolute atomic E-state index is 0. The highest BCUT2D eigenvalue weighted by molar-refractivity contribution is 6.29. The molecule has 1 rings (SSSR count). The lowest BCUT2D eigenvalue weighted by Gasteiger charge is -2.08. The number of esters is 1. The molecule has 2 N–H and O–H groups in total. The first-order valence-electron chi connectivity index (χ1n) is 3.60. The quantitative estimate of drug-likeness (QED) is 0.658. The summed E-state index contributed by atoms with van der Waals surface area (Å²) < 4.78 is 4.48. The molecule has 0 aliphatic carbocycles. The number of hydrogen-bond donors (Lipinski definition) is 1. The molecule has 0 aliphatic heterocycles. The number of pyridine rings is 1. The maximum Gasteiger partial charge on any atom is 0.327 e. The summed E-state index contributed by atoms with van der Waals surface area (Å²) in [6, 6.07) is 2.35. The molecule has 1 unspecified atom stereocenters. The minimum atomic E-state index is -0.800. The van der Waals surface area contributed by atoms with Gasteiger partial charge in [-0.1, -0.05) is 11.6 Å². The number of hydrogen-bond acceptors (Lipinski definition) is 4. The van der Waals surface area contributed by atoms with E-state index in [1.54, 1.807) is 6.07 Å². The molecule has 15 heavy (non-hydrogen) atoms. The van der Waals surface area contributed by atoms with Crippen molar-refractivity contribution in [2.24, 2.45) is 5.73 Å². The first-order chi connectivity index (χ1) is 6.15. The molecule has 4 nitrogen and oxygen atoms in total. The summed E-state index contributed by atoms with van der Waals surface area (Å²) in [7, 11) is 1.28. The molecular formula is C8H11Cl3N2O2. The van der Waals surface area contributed by atoms with Crippen molar-refractivity contribution < 1.29 is 9.53 Å². The fraction of sp³-hybridized carbons (Fsp3) is 0.250. The van der Waals surface area contributed by atoms with Crippen molar-refractivity contribution in [3.63, 3.8) is 0 Å². The Morgan fingerprint density at radius 1 is 1.60 bits per heavy atom.